The summed E-state index contributed by atoms with van der Waals surface area (Å²) in [6.07, 6.45) is 2.96. The van der Waals surface area contributed by atoms with Crippen molar-refractivity contribution in [3.63, 3.8) is 0 Å². The lowest BCUT2D eigenvalue weighted by molar-refractivity contribution is 0.0113. The summed E-state index contributed by atoms with van der Waals surface area (Å²) in [7, 11) is 0. The van der Waals surface area contributed by atoms with Gasteiger partial charge in [0.15, 0.2) is 0 Å². The molecular weight excluding hydrogens is 738 g/mol. The van der Waals surface area contributed by atoms with Crippen LogP contribution < -0.4 is 14.2 Å². The molecule has 0 spiro atoms. The highest BCUT2D eigenvalue weighted by Gasteiger charge is 2.25. The van der Waals surface area contributed by atoms with Crippen molar-refractivity contribution in [2.75, 3.05) is 59.5 Å². The third-order valence-corrected chi connectivity index (χ3v) is 8.63. The van der Waals surface area contributed by atoms with E-state index in [0.29, 0.717) is 19.8 Å². The number of rotatable bonds is 27. The van der Waals surface area contributed by atoms with Crippen LogP contribution in [0.25, 0.3) is 33.6 Å². The van der Waals surface area contributed by atoms with E-state index in [1.807, 2.05) is 20.8 Å². The highest BCUT2D eigenvalue weighted by atomic mass is 16.5. The van der Waals surface area contributed by atoms with Gasteiger partial charge in [0.05, 0.1) is 19.8 Å². The Labute approximate surface area is 333 Å². The standard InChI is InChI=1S/C42H57N3O12/c1-4-7-16-52-22-28(46)25-55-31-10-13-34(37(49)19-31)40-41(35-14-11-32(20-38(35)50)56-26-29(47)23-53-17-8-5-2)43-45-44-42(40)36-15-12-33(21-39(36)51)57-27-30(48)24-54-18-9-6-3/h10-15,19-21,28-30,46-51H,4-9,16-18,22-27H2,1-3H3. The maximum atomic E-state index is 11.4. The quantitative estimate of drug-likeness (QED) is 0.0402. The van der Waals surface area contributed by atoms with Gasteiger partial charge in [0.1, 0.15) is 84.0 Å². The molecule has 15 nitrogen and oxygen atoms in total. The summed E-state index contributed by atoms with van der Waals surface area (Å²) in [6.45, 7) is 7.89. The molecule has 4 rings (SSSR count). The lowest BCUT2D eigenvalue weighted by atomic mass is 9.93. The van der Waals surface area contributed by atoms with E-state index < -0.39 is 18.3 Å². The highest BCUT2D eigenvalue weighted by Crippen LogP contribution is 2.46. The van der Waals surface area contributed by atoms with Gasteiger partial charge in [0.2, 0.25) is 0 Å². The van der Waals surface area contributed by atoms with Crippen molar-refractivity contribution >= 4 is 0 Å². The zero-order chi connectivity index (χ0) is 41.0. The summed E-state index contributed by atoms with van der Waals surface area (Å²) >= 11 is 0. The molecule has 0 aliphatic rings. The summed E-state index contributed by atoms with van der Waals surface area (Å²) < 4.78 is 33.6. The second-order valence-corrected chi connectivity index (χ2v) is 13.6. The van der Waals surface area contributed by atoms with Crippen LogP contribution in [0, 0.1) is 0 Å². The fourth-order valence-electron chi connectivity index (χ4n) is 5.49. The third kappa shape index (κ3) is 14.3. The van der Waals surface area contributed by atoms with Crippen LogP contribution in [0.5, 0.6) is 34.5 Å². The van der Waals surface area contributed by atoms with E-state index in [0.717, 1.165) is 38.5 Å². The predicted molar refractivity (Wildman–Crippen MR) is 213 cm³/mol. The number of benzene rings is 3. The van der Waals surface area contributed by atoms with E-state index in [-0.39, 0.29) is 108 Å². The molecule has 3 aromatic carbocycles. The molecular formula is C42H57N3O12. The Bertz CT molecular complexity index is 1710. The van der Waals surface area contributed by atoms with Crippen LogP contribution in [-0.4, -0.2) is 124 Å². The molecule has 1 heterocycles. The van der Waals surface area contributed by atoms with E-state index in [1.165, 1.54) is 18.2 Å². The van der Waals surface area contributed by atoms with Gasteiger partial charge in [-0.15, -0.1) is 10.2 Å². The van der Waals surface area contributed by atoms with Crippen LogP contribution >= 0.6 is 0 Å². The molecule has 0 aliphatic carbocycles. The lowest BCUT2D eigenvalue weighted by Crippen LogP contribution is -2.23. The Morgan fingerprint density at radius 2 is 0.807 bits per heavy atom. The second-order valence-electron chi connectivity index (χ2n) is 13.6. The normalized spacial score (nSPS) is 12.9. The molecule has 0 aliphatic heterocycles. The SMILES string of the molecule is CCCCOCC(O)COc1ccc(-c2nnnc(-c3ccc(OCC(O)COCCCC)cc3O)c2-c2ccc(OCC(O)COCCCC)cc2O)c(O)c1. The highest BCUT2D eigenvalue weighted by molar-refractivity contribution is 5.95. The maximum Gasteiger partial charge on any atom is 0.128 e. The molecule has 57 heavy (non-hydrogen) atoms. The van der Waals surface area contributed by atoms with Crippen LogP contribution in [0.15, 0.2) is 54.6 Å². The van der Waals surface area contributed by atoms with Gasteiger partial charge in [-0.3, -0.25) is 0 Å². The van der Waals surface area contributed by atoms with Crippen LogP contribution in [0.1, 0.15) is 59.3 Å². The average Bonchev–Trinajstić information content (AvgIpc) is 3.20. The van der Waals surface area contributed by atoms with Gasteiger partial charge in [0, 0.05) is 60.3 Å². The van der Waals surface area contributed by atoms with Gasteiger partial charge in [-0.2, -0.15) is 0 Å². The molecule has 0 saturated carbocycles. The van der Waals surface area contributed by atoms with E-state index in [4.69, 9.17) is 28.4 Å². The Morgan fingerprint density at radius 1 is 0.474 bits per heavy atom. The number of hydrogen-bond acceptors (Lipinski definition) is 15. The summed E-state index contributed by atoms with van der Waals surface area (Å²) in [5.74, 6) is 0.0955. The molecule has 6 N–H and O–H groups in total. The van der Waals surface area contributed by atoms with Crippen molar-refractivity contribution in [3.05, 3.63) is 54.6 Å². The number of nitrogens with zero attached hydrogens (tertiary/aromatic N) is 3. The number of aromatic hydroxyl groups is 3. The molecule has 15 heteroatoms. The Kier molecular flexibility index (Phi) is 19.0. The van der Waals surface area contributed by atoms with Gasteiger partial charge in [0.25, 0.3) is 0 Å². The average molecular weight is 796 g/mol. The van der Waals surface area contributed by atoms with Gasteiger partial charge in [-0.05, 0) is 60.9 Å². The van der Waals surface area contributed by atoms with E-state index in [2.05, 4.69) is 15.4 Å². The molecule has 4 aromatic rings. The number of phenols is 3. The van der Waals surface area contributed by atoms with Crippen LogP contribution in [-0.2, 0) is 14.2 Å². The van der Waals surface area contributed by atoms with E-state index in [9.17, 15) is 30.6 Å². The lowest BCUT2D eigenvalue weighted by Gasteiger charge is -2.18. The molecule has 0 amide bonds. The minimum absolute atomic E-state index is 0.0642. The first-order valence-corrected chi connectivity index (χ1v) is 19.5. The van der Waals surface area contributed by atoms with Gasteiger partial charge in [-0.1, -0.05) is 40.0 Å². The summed E-state index contributed by atoms with van der Waals surface area (Å²) in [4.78, 5) is 0. The third-order valence-electron chi connectivity index (χ3n) is 8.63. The molecule has 0 bridgehead atoms. The molecule has 312 valence electrons. The molecule has 3 unspecified atom stereocenters. The zero-order valence-corrected chi connectivity index (χ0v) is 33.0. The summed E-state index contributed by atoms with van der Waals surface area (Å²) in [5.41, 5.74) is 1.07. The number of unbranched alkanes of at least 4 members (excludes halogenated alkanes) is 3. The molecule has 1 aromatic heterocycles. The van der Waals surface area contributed by atoms with E-state index in [1.54, 1.807) is 36.4 Å². The largest absolute Gasteiger partial charge is 0.507 e. The number of aliphatic hydroxyl groups excluding tert-OH is 3. The number of ether oxygens (including phenoxy) is 6. The Hall–Kier alpha value is -4.77. The first kappa shape index (κ1) is 44.9. The predicted octanol–water partition coefficient (Wildman–Crippen LogP) is 5.66. The molecule has 0 fully saturated rings. The fourth-order valence-corrected chi connectivity index (χ4v) is 5.49. The summed E-state index contributed by atoms with van der Waals surface area (Å²) in [5, 5.41) is 77.4. The maximum absolute atomic E-state index is 11.4. The number of hydrogen-bond donors (Lipinski definition) is 6. The number of aliphatic hydroxyl groups is 3. The smallest absolute Gasteiger partial charge is 0.128 e. The number of aromatic nitrogens is 3. The minimum atomic E-state index is -0.884. The molecule has 0 saturated heterocycles. The summed E-state index contributed by atoms with van der Waals surface area (Å²) in [6, 6.07) is 13.6. The molecule has 3 atom stereocenters. The van der Waals surface area contributed by atoms with Crippen LogP contribution in [0.3, 0.4) is 0 Å². The van der Waals surface area contributed by atoms with E-state index >= 15 is 0 Å². The first-order valence-electron chi connectivity index (χ1n) is 19.5. The van der Waals surface area contributed by atoms with Gasteiger partial charge >= 0.3 is 0 Å². The molecule has 0 radical (unpaired) electrons. The van der Waals surface area contributed by atoms with Crippen molar-refractivity contribution < 1.29 is 59.1 Å². The van der Waals surface area contributed by atoms with Crippen molar-refractivity contribution in [1.82, 2.24) is 15.4 Å². The van der Waals surface area contributed by atoms with Gasteiger partial charge < -0.3 is 59.1 Å². The Morgan fingerprint density at radius 3 is 1.12 bits per heavy atom. The van der Waals surface area contributed by atoms with Crippen molar-refractivity contribution in [1.29, 1.82) is 0 Å². The van der Waals surface area contributed by atoms with Crippen molar-refractivity contribution in [2.24, 2.45) is 0 Å². The van der Waals surface area contributed by atoms with Crippen LogP contribution in [0.4, 0.5) is 0 Å². The van der Waals surface area contributed by atoms with Crippen LogP contribution in [0.2, 0.25) is 0 Å². The first-order chi connectivity index (χ1) is 27.6. The monoisotopic (exact) mass is 795 g/mol. The second kappa shape index (κ2) is 24.1. The van der Waals surface area contributed by atoms with Gasteiger partial charge in [-0.25, -0.2) is 0 Å². The number of phenolic OH excluding ortho intramolecular Hbond substituents is 3. The van der Waals surface area contributed by atoms with Crippen molar-refractivity contribution in [2.45, 2.75) is 77.6 Å². The zero-order valence-electron chi connectivity index (χ0n) is 33.0. The fraction of sp³-hybridized carbons (Fsp3) is 0.500. The topological polar surface area (TPSA) is 215 Å². The van der Waals surface area contributed by atoms with Crippen molar-refractivity contribution in [3.8, 4) is 68.1 Å². The minimum Gasteiger partial charge on any atom is -0.507 e. The Balaban J connectivity index is 1.64.